The van der Waals surface area contributed by atoms with Crippen LogP contribution in [0.3, 0.4) is 0 Å². The number of nitrogens with one attached hydrogen (secondary N) is 2. The van der Waals surface area contributed by atoms with E-state index < -0.39 is 0 Å². The number of unbranched alkanes of at least 4 members (excludes halogenated alkanes) is 3. The second kappa shape index (κ2) is 14.8. The molecule has 0 saturated carbocycles. The number of hydrogen-bond donors (Lipinski definition) is 2. The van der Waals surface area contributed by atoms with E-state index >= 15 is 0 Å². The van der Waals surface area contributed by atoms with Crippen molar-refractivity contribution >= 4 is 24.2 Å². The summed E-state index contributed by atoms with van der Waals surface area (Å²) in [5, 5.41) is 8.05. The third kappa shape index (κ3) is 10.6. The molecule has 2 aromatic rings. The molecule has 0 aliphatic rings. The number of rotatable bonds is 13. The van der Waals surface area contributed by atoms with Crippen molar-refractivity contribution in [3.8, 4) is 0 Å². The Hall–Kier alpha value is -3.28. The van der Waals surface area contributed by atoms with Gasteiger partial charge in [-0.3, -0.25) is 9.59 Å². The Bertz CT molecular complexity index is 866. The minimum atomic E-state index is -0.0939. The highest BCUT2D eigenvalue weighted by Gasteiger charge is 2.03. The van der Waals surface area contributed by atoms with Gasteiger partial charge in [0.25, 0.3) is 0 Å². The smallest absolute Gasteiger partial charge is 0.240 e. The minimum Gasteiger partial charge on any atom is -0.273 e. The minimum absolute atomic E-state index is 0.0939. The maximum atomic E-state index is 11.9. The number of benzene rings is 2. The quantitative estimate of drug-likeness (QED) is 0.221. The number of hydrogen-bond acceptors (Lipinski definition) is 4. The van der Waals surface area contributed by atoms with Gasteiger partial charge in [-0.05, 0) is 46.9 Å². The largest absolute Gasteiger partial charge is 0.273 e. The van der Waals surface area contributed by atoms with Crippen molar-refractivity contribution in [2.45, 2.75) is 78.1 Å². The van der Waals surface area contributed by atoms with Crippen molar-refractivity contribution in [3.05, 3.63) is 70.8 Å². The fraction of sp³-hybridized carbons (Fsp3) is 0.429. The van der Waals surface area contributed by atoms with Gasteiger partial charge in [0.15, 0.2) is 0 Å². The zero-order valence-corrected chi connectivity index (χ0v) is 20.9. The third-order valence-electron chi connectivity index (χ3n) is 5.57. The van der Waals surface area contributed by atoms with Crippen LogP contribution in [-0.2, 0) is 9.59 Å². The van der Waals surface area contributed by atoms with Crippen LogP contribution in [0.4, 0.5) is 0 Å². The van der Waals surface area contributed by atoms with E-state index in [9.17, 15) is 9.59 Å². The summed E-state index contributed by atoms with van der Waals surface area (Å²) in [4.78, 5) is 23.8. The summed E-state index contributed by atoms with van der Waals surface area (Å²) in [5.41, 5.74) is 9.61. The summed E-state index contributed by atoms with van der Waals surface area (Å²) in [5.74, 6) is 0.797. The Labute approximate surface area is 203 Å². The highest BCUT2D eigenvalue weighted by atomic mass is 16.2. The second-order valence-electron chi connectivity index (χ2n) is 9.14. The van der Waals surface area contributed by atoms with Gasteiger partial charge in [0, 0.05) is 12.8 Å². The molecule has 0 aliphatic heterocycles. The molecule has 0 fully saturated rings. The molecule has 0 heterocycles. The summed E-state index contributed by atoms with van der Waals surface area (Å²) < 4.78 is 0. The van der Waals surface area contributed by atoms with Crippen LogP contribution in [0, 0.1) is 0 Å². The molecule has 0 aliphatic carbocycles. The molecule has 2 rings (SSSR count). The van der Waals surface area contributed by atoms with E-state index in [1.165, 1.54) is 11.1 Å². The van der Waals surface area contributed by atoms with Crippen LogP contribution in [0.15, 0.2) is 58.7 Å². The van der Waals surface area contributed by atoms with Gasteiger partial charge in [0.05, 0.1) is 12.4 Å². The van der Waals surface area contributed by atoms with Crippen LogP contribution in [-0.4, -0.2) is 24.2 Å². The fourth-order valence-corrected chi connectivity index (χ4v) is 3.33. The van der Waals surface area contributed by atoms with Gasteiger partial charge in [0.2, 0.25) is 11.8 Å². The van der Waals surface area contributed by atoms with E-state index in [0.29, 0.717) is 24.7 Å². The molecule has 0 saturated heterocycles. The van der Waals surface area contributed by atoms with Gasteiger partial charge >= 0.3 is 0 Å². The molecule has 0 unspecified atom stereocenters. The summed E-state index contributed by atoms with van der Waals surface area (Å²) >= 11 is 0. The summed E-state index contributed by atoms with van der Waals surface area (Å²) in [6.45, 7) is 8.62. The zero-order chi connectivity index (χ0) is 24.8. The van der Waals surface area contributed by atoms with Gasteiger partial charge in [-0.25, -0.2) is 10.9 Å². The first kappa shape index (κ1) is 27.0. The molecular formula is C28H38N4O2. The van der Waals surface area contributed by atoms with E-state index in [1.807, 2.05) is 24.3 Å². The number of nitrogens with zero attached hydrogens (tertiary/aromatic N) is 2. The Balaban J connectivity index is 1.52. The molecule has 2 amide bonds. The molecule has 2 N–H and O–H groups in total. The number of carbonyl (C=O) groups excluding carboxylic acids is 2. The Kier molecular flexibility index (Phi) is 11.7. The van der Waals surface area contributed by atoms with Crippen LogP contribution in [0.5, 0.6) is 0 Å². The lowest BCUT2D eigenvalue weighted by Crippen LogP contribution is -2.17. The molecule has 6 heteroatoms. The van der Waals surface area contributed by atoms with Crippen LogP contribution in [0.25, 0.3) is 0 Å². The lowest BCUT2D eigenvalue weighted by Gasteiger charge is -2.04. The van der Waals surface area contributed by atoms with Crippen molar-refractivity contribution in [2.75, 3.05) is 0 Å². The molecule has 0 bridgehead atoms. The molecule has 0 radical (unpaired) electrons. The molecule has 6 nitrogen and oxygen atoms in total. The molecule has 0 spiro atoms. The van der Waals surface area contributed by atoms with Crippen molar-refractivity contribution in [1.82, 2.24) is 10.9 Å². The van der Waals surface area contributed by atoms with E-state index in [2.05, 4.69) is 73.0 Å². The monoisotopic (exact) mass is 462 g/mol. The first-order valence-corrected chi connectivity index (χ1v) is 12.2. The van der Waals surface area contributed by atoms with Crippen molar-refractivity contribution in [1.29, 1.82) is 0 Å². The lowest BCUT2D eigenvalue weighted by atomic mass is 10.0. The zero-order valence-electron chi connectivity index (χ0n) is 20.9. The van der Waals surface area contributed by atoms with Gasteiger partial charge in [-0.2, -0.15) is 10.2 Å². The summed E-state index contributed by atoms with van der Waals surface area (Å²) in [6.07, 6.45) is 7.51. The van der Waals surface area contributed by atoms with Gasteiger partial charge in [-0.15, -0.1) is 0 Å². The lowest BCUT2D eigenvalue weighted by molar-refractivity contribution is -0.122. The average molecular weight is 463 g/mol. The van der Waals surface area contributed by atoms with Crippen LogP contribution in [0.1, 0.15) is 100 Å². The van der Waals surface area contributed by atoms with Gasteiger partial charge in [0.1, 0.15) is 0 Å². The number of carbonyl (C=O) groups is 2. The Morgan fingerprint density at radius 2 is 1.00 bits per heavy atom. The van der Waals surface area contributed by atoms with E-state index in [-0.39, 0.29) is 11.8 Å². The molecule has 182 valence electrons. The topological polar surface area (TPSA) is 82.9 Å². The first-order valence-electron chi connectivity index (χ1n) is 12.2. The summed E-state index contributed by atoms with van der Waals surface area (Å²) in [6, 6.07) is 16.3. The first-order chi connectivity index (χ1) is 16.3. The van der Waals surface area contributed by atoms with E-state index in [4.69, 9.17) is 0 Å². The number of amides is 2. The summed E-state index contributed by atoms with van der Waals surface area (Å²) in [7, 11) is 0. The molecular weight excluding hydrogens is 424 g/mol. The maximum Gasteiger partial charge on any atom is 0.240 e. The Morgan fingerprint density at radius 1 is 0.647 bits per heavy atom. The second-order valence-corrected chi connectivity index (χ2v) is 9.14. The molecule has 2 aromatic carbocycles. The number of hydrazone groups is 2. The van der Waals surface area contributed by atoms with Gasteiger partial charge < -0.3 is 0 Å². The van der Waals surface area contributed by atoms with Crippen LogP contribution >= 0.6 is 0 Å². The Morgan fingerprint density at radius 3 is 1.32 bits per heavy atom. The van der Waals surface area contributed by atoms with Crippen molar-refractivity contribution in [3.63, 3.8) is 0 Å². The van der Waals surface area contributed by atoms with Crippen LogP contribution < -0.4 is 10.9 Å². The molecule has 0 aromatic heterocycles. The van der Waals surface area contributed by atoms with E-state index in [1.54, 1.807) is 12.4 Å². The highest BCUT2D eigenvalue weighted by Crippen LogP contribution is 2.14. The van der Waals surface area contributed by atoms with E-state index in [0.717, 1.165) is 36.8 Å². The third-order valence-corrected chi connectivity index (χ3v) is 5.57. The predicted molar refractivity (Wildman–Crippen MR) is 140 cm³/mol. The SMILES string of the molecule is CC(C)c1ccc(/C=N\NC(=O)CCCCCCC(=O)N/N=C\c2ccc(C(C)C)cc2)cc1. The normalized spacial score (nSPS) is 11.6. The molecule has 34 heavy (non-hydrogen) atoms. The van der Waals surface area contributed by atoms with Crippen molar-refractivity contribution in [2.24, 2.45) is 10.2 Å². The van der Waals surface area contributed by atoms with Crippen LogP contribution in [0.2, 0.25) is 0 Å². The highest BCUT2D eigenvalue weighted by molar-refractivity contribution is 5.83. The average Bonchev–Trinajstić information content (AvgIpc) is 2.82. The maximum absolute atomic E-state index is 11.9. The molecule has 0 atom stereocenters. The van der Waals surface area contributed by atoms with Crippen molar-refractivity contribution < 1.29 is 9.59 Å². The van der Waals surface area contributed by atoms with Gasteiger partial charge in [-0.1, -0.05) is 89.1 Å². The fourth-order valence-electron chi connectivity index (χ4n) is 3.33. The standard InChI is InChI=1S/C28H38N4O2/c1-21(2)25-15-11-23(12-16-25)19-29-31-27(33)9-7-5-6-8-10-28(34)32-30-20-24-13-17-26(18-14-24)22(3)4/h11-22H,5-10H2,1-4H3,(H,31,33)(H,32,34)/b29-19-,30-20-. The predicted octanol–water partition coefficient (Wildman–Crippen LogP) is 5.87.